The predicted octanol–water partition coefficient (Wildman–Crippen LogP) is 1.18. The maximum atomic E-state index is 11.8. The molecule has 0 aliphatic rings. The molecule has 122 valence electrons. The number of hydrogen-bond acceptors (Lipinski definition) is 4. The standard InChI is InChI=1S/C17H20N2O4/c20-12-14(15-9-5-11-23-15)19-17(22)16(21)18-10-4-8-13-6-2-1-3-7-13/h1-3,5-7,9,11,14,20H,4,8,10,12H2,(H,18,21)(H,19,22). The molecule has 1 atom stereocenters. The molecule has 0 saturated carbocycles. The van der Waals surface area contributed by atoms with Gasteiger partial charge < -0.3 is 20.2 Å². The van der Waals surface area contributed by atoms with Crippen molar-refractivity contribution in [1.29, 1.82) is 0 Å². The van der Waals surface area contributed by atoms with E-state index in [9.17, 15) is 14.7 Å². The van der Waals surface area contributed by atoms with Crippen LogP contribution in [0.3, 0.4) is 0 Å². The van der Waals surface area contributed by atoms with Gasteiger partial charge in [-0.1, -0.05) is 30.3 Å². The monoisotopic (exact) mass is 316 g/mol. The zero-order valence-electron chi connectivity index (χ0n) is 12.7. The largest absolute Gasteiger partial charge is 0.467 e. The lowest BCUT2D eigenvalue weighted by molar-refractivity contribution is -0.139. The number of rotatable bonds is 7. The number of nitrogens with one attached hydrogen (secondary N) is 2. The summed E-state index contributed by atoms with van der Waals surface area (Å²) >= 11 is 0. The molecule has 1 aromatic carbocycles. The Morgan fingerprint density at radius 2 is 1.87 bits per heavy atom. The molecule has 6 heteroatoms. The van der Waals surface area contributed by atoms with Gasteiger partial charge in [-0.3, -0.25) is 9.59 Å². The third kappa shape index (κ3) is 5.27. The van der Waals surface area contributed by atoms with E-state index >= 15 is 0 Å². The summed E-state index contributed by atoms with van der Waals surface area (Å²) in [5.41, 5.74) is 1.18. The van der Waals surface area contributed by atoms with E-state index in [2.05, 4.69) is 10.6 Å². The van der Waals surface area contributed by atoms with E-state index in [1.165, 1.54) is 11.8 Å². The van der Waals surface area contributed by atoms with Crippen molar-refractivity contribution in [2.24, 2.45) is 0 Å². The van der Waals surface area contributed by atoms with Crippen molar-refractivity contribution < 1.29 is 19.1 Å². The van der Waals surface area contributed by atoms with E-state index in [0.717, 1.165) is 12.8 Å². The van der Waals surface area contributed by atoms with Gasteiger partial charge in [-0.15, -0.1) is 0 Å². The second kappa shape index (κ2) is 8.75. The number of aliphatic hydroxyl groups is 1. The first kappa shape index (κ1) is 16.8. The Labute approximate surface area is 134 Å². The van der Waals surface area contributed by atoms with E-state index in [1.807, 2.05) is 30.3 Å². The van der Waals surface area contributed by atoms with E-state index in [1.54, 1.807) is 12.1 Å². The number of amides is 2. The highest BCUT2D eigenvalue weighted by molar-refractivity contribution is 6.35. The van der Waals surface area contributed by atoms with Crippen LogP contribution in [0.1, 0.15) is 23.8 Å². The highest BCUT2D eigenvalue weighted by atomic mass is 16.3. The van der Waals surface area contributed by atoms with Crippen molar-refractivity contribution in [3.05, 3.63) is 60.1 Å². The van der Waals surface area contributed by atoms with Crippen molar-refractivity contribution in [1.82, 2.24) is 10.6 Å². The lowest BCUT2D eigenvalue weighted by atomic mass is 10.1. The first-order chi connectivity index (χ1) is 11.2. The SMILES string of the molecule is O=C(NCCCc1ccccc1)C(=O)NC(CO)c1ccco1. The average Bonchev–Trinajstić information content (AvgIpc) is 3.11. The summed E-state index contributed by atoms with van der Waals surface area (Å²) in [6.45, 7) is 0.0617. The van der Waals surface area contributed by atoms with Crippen LogP contribution in [-0.4, -0.2) is 30.1 Å². The number of carbonyl (C=O) groups is 2. The Morgan fingerprint density at radius 1 is 1.09 bits per heavy atom. The normalized spacial score (nSPS) is 11.7. The summed E-state index contributed by atoms with van der Waals surface area (Å²) in [6.07, 6.45) is 3.01. The Kier molecular flexibility index (Phi) is 6.38. The fourth-order valence-corrected chi connectivity index (χ4v) is 2.14. The summed E-state index contributed by atoms with van der Waals surface area (Å²) in [5, 5.41) is 14.3. The lowest BCUT2D eigenvalue weighted by Crippen LogP contribution is -2.42. The van der Waals surface area contributed by atoms with E-state index in [0.29, 0.717) is 12.3 Å². The second-order valence-corrected chi connectivity index (χ2v) is 5.07. The minimum absolute atomic E-state index is 0.347. The molecular weight excluding hydrogens is 296 g/mol. The van der Waals surface area contributed by atoms with Crippen LogP contribution in [-0.2, 0) is 16.0 Å². The Hall–Kier alpha value is -2.60. The Bertz CT molecular complexity index is 611. The Morgan fingerprint density at radius 3 is 2.52 bits per heavy atom. The number of aryl methyl sites for hydroxylation is 1. The predicted molar refractivity (Wildman–Crippen MR) is 84.5 cm³/mol. The molecule has 0 saturated heterocycles. The van der Waals surface area contributed by atoms with Crippen LogP contribution in [0.4, 0.5) is 0 Å². The zero-order valence-corrected chi connectivity index (χ0v) is 12.7. The third-order valence-electron chi connectivity index (χ3n) is 3.35. The van der Waals surface area contributed by atoms with Crippen LogP contribution in [0.2, 0.25) is 0 Å². The highest BCUT2D eigenvalue weighted by Crippen LogP contribution is 2.12. The van der Waals surface area contributed by atoms with Gasteiger partial charge in [0.15, 0.2) is 0 Å². The van der Waals surface area contributed by atoms with Gasteiger partial charge in [0.2, 0.25) is 0 Å². The lowest BCUT2D eigenvalue weighted by Gasteiger charge is -2.13. The molecule has 1 aromatic heterocycles. The molecule has 3 N–H and O–H groups in total. The maximum Gasteiger partial charge on any atom is 0.309 e. The first-order valence-corrected chi connectivity index (χ1v) is 7.47. The summed E-state index contributed by atoms with van der Waals surface area (Å²) in [4.78, 5) is 23.5. The van der Waals surface area contributed by atoms with Gasteiger partial charge in [0.1, 0.15) is 11.8 Å². The summed E-state index contributed by atoms with van der Waals surface area (Å²) in [6, 6.07) is 12.5. The molecule has 0 radical (unpaired) electrons. The third-order valence-corrected chi connectivity index (χ3v) is 3.35. The quantitative estimate of drug-likeness (QED) is 0.528. The molecule has 2 amide bonds. The fraction of sp³-hybridized carbons (Fsp3) is 0.294. The van der Waals surface area contributed by atoms with Crippen molar-refractivity contribution in [2.45, 2.75) is 18.9 Å². The number of carbonyl (C=O) groups excluding carboxylic acids is 2. The Balaban J connectivity index is 1.71. The molecule has 2 rings (SSSR count). The van der Waals surface area contributed by atoms with E-state index < -0.39 is 17.9 Å². The van der Waals surface area contributed by atoms with Crippen LogP contribution < -0.4 is 10.6 Å². The molecule has 1 heterocycles. The van der Waals surface area contributed by atoms with Gasteiger partial charge in [0, 0.05) is 6.54 Å². The molecule has 6 nitrogen and oxygen atoms in total. The first-order valence-electron chi connectivity index (χ1n) is 7.47. The van der Waals surface area contributed by atoms with Crippen molar-refractivity contribution >= 4 is 11.8 Å². The smallest absolute Gasteiger partial charge is 0.309 e. The van der Waals surface area contributed by atoms with Gasteiger partial charge >= 0.3 is 11.8 Å². The molecule has 0 fully saturated rings. The minimum Gasteiger partial charge on any atom is -0.467 e. The molecule has 0 spiro atoms. The molecule has 0 aliphatic heterocycles. The van der Waals surface area contributed by atoms with E-state index in [4.69, 9.17) is 4.42 Å². The summed E-state index contributed by atoms with van der Waals surface area (Å²) in [7, 11) is 0. The maximum absolute atomic E-state index is 11.8. The fourth-order valence-electron chi connectivity index (χ4n) is 2.14. The summed E-state index contributed by atoms with van der Waals surface area (Å²) < 4.78 is 5.11. The molecule has 23 heavy (non-hydrogen) atoms. The van der Waals surface area contributed by atoms with Crippen LogP contribution in [0.25, 0.3) is 0 Å². The van der Waals surface area contributed by atoms with Crippen LogP contribution in [0, 0.1) is 0 Å². The zero-order chi connectivity index (χ0) is 16.5. The topological polar surface area (TPSA) is 91.6 Å². The van der Waals surface area contributed by atoms with Crippen molar-refractivity contribution in [3.8, 4) is 0 Å². The number of benzene rings is 1. The van der Waals surface area contributed by atoms with Gasteiger partial charge in [-0.25, -0.2) is 0 Å². The molecule has 1 unspecified atom stereocenters. The van der Waals surface area contributed by atoms with Crippen LogP contribution in [0.15, 0.2) is 53.1 Å². The minimum atomic E-state index is -0.792. The van der Waals surface area contributed by atoms with Crippen LogP contribution >= 0.6 is 0 Å². The molecule has 0 bridgehead atoms. The summed E-state index contributed by atoms with van der Waals surface area (Å²) in [5.74, 6) is -1.11. The number of hydrogen-bond donors (Lipinski definition) is 3. The average molecular weight is 316 g/mol. The van der Waals surface area contributed by atoms with Gasteiger partial charge in [0.25, 0.3) is 0 Å². The van der Waals surface area contributed by atoms with Gasteiger partial charge in [-0.2, -0.15) is 0 Å². The van der Waals surface area contributed by atoms with Crippen LogP contribution in [0.5, 0.6) is 0 Å². The van der Waals surface area contributed by atoms with Crippen molar-refractivity contribution in [2.75, 3.05) is 13.2 Å². The number of aliphatic hydroxyl groups excluding tert-OH is 1. The van der Waals surface area contributed by atoms with Gasteiger partial charge in [0.05, 0.1) is 12.9 Å². The molecule has 2 aromatic rings. The molecular formula is C17H20N2O4. The van der Waals surface area contributed by atoms with Crippen molar-refractivity contribution in [3.63, 3.8) is 0 Å². The number of furan rings is 1. The highest BCUT2D eigenvalue weighted by Gasteiger charge is 2.20. The molecule has 0 aliphatic carbocycles. The van der Waals surface area contributed by atoms with Gasteiger partial charge in [-0.05, 0) is 30.5 Å². The second-order valence-electron chi connectivity index (χ2n) is 5.07. The van der Waals surface area contributed by atoms with E-state index in [-0.39, 0.29) is 6.61 Å².